The van der Waals surface area contributed by atoms with Crippen LogP contribution in [0.4, 0.5) is 0 Å². The first-order chi connectivity index (χ1) is 6.92. The Bertz CT molecular complexity index is 240. The zero-order chi connectivity index (χ0) is 9.38. The summed E-state index contributed by atoms with van der Waals surface area (Å²) in [6.07, 6.45) is 3.04. The van der Waals surface area contributed by atoms with E-state index in [9.17, 15) is 0 Å². The Morgan fingerprint density at radius 1 is 1.29 bits per heavy atom. The summed E-state index contributed by atoms with van der Waals surface area (Å²) in [6.45, 7) is 6.74. The zero-order valence-corrected chi connectivity index (χ0v) is 8.59. The minimum atomic E-state index is 0.517. The lowest BCUT2D eigenvalue weighted by molar-refractivity contribution is 0.0811. The third-order valence-corrected chi connectivity index (χ3v) is 3.49. The van der Waals surface area contributed by atoms with Crippen molar-refractivity contribution in [3.05, 3.63) is 11.1 Å². The van der Waals surface area contributed by atoms with Gasteiger partial charge in [-0.2, -0.15) is 0 Å². The highest BCUT2D eigenvalue weighted by Gasteiger charge is 2.27. The second-order valence-electron chi connectivity index (χ2n) is 4.62. The molecule has 0 radical (unpaired) electrons. The van der Waals surface area contributed by atoms with Crippen LogP contribution in [0.5, 0.6) is 0 Å². The maximum atomic E-state index is 5.66. The molecule has 1 saturated heterocycles. The number of ether oxygens (including phenoxy) is 1. The van der Waals surface area contributed by atoms with Crippen LogP contribution in [-0.2, 0) is 4.74 Å². The molecular weight excluding hydrogens is 176 g/mol. The number of nitrogens with one attached hydrogen (secondary N) is 1. The molecule has 0 saturated carbocycles. The van der Waals surface area contributed by atoms with Crippen molar-refractivity contribution in [2.75, 3.05) is 39.3 Å². The molecule has 3 aliphatic rings. The van der Waals surface area contributed by atoms with Gasteiger partial charge in [0, 0.05) is 39.3 Å². The van der Waals surface area contributed by atoms with Crippen LogP contribution in [0, 0.1) is 0 Å². The second-order valence-corrected chi connectivity index (χ2v) is 4.62. The molecule has 3 heteroatoms. The molecule has 1 fully saturated rings. The summed E-state index contributed by atoms with van der Waals surface area (Å²) in [6, 6.07) is 0. The van der Waals surface area contributed by atoms with Crippen molar-refractivity contribution in [1.82, 2.24) is 10.2 Å². The molecule has 78 valence electrons. The lowest BCUT2D eigenvalue weighted by atomic mass is 10.2. The van der Waals surface area contributed by atoms with E-state index in [0.29, 0.717) is 6.10 Å². The van der Waals surface area contributed by atoms with E-state index in [-0.39, 0.29) is 0 Å². The number of hydrogen-bond donors (Lipinski definition) is 1. The summed E-state index contributed by atoms with van der Waals surface area (Å²) < 4.78 is 5.66. The Labute approximate surface area is 85.1 Å². The Morgan fingerprint density at radius 3 is 2.71 bits per heavy atom. The molecule has 0 aromatic heterocycles. The maximum Gasteiger partial charge on any atom is 0.0703 e. The molecule has 0 bridgehead atoms. The molecule has 3 aliphatic heterocycles. The molecule has 1 N–H and O–H groups in total. The van der Waals surface area contributed by atoms with Crippen molar-refractivity contribution in [2.45, 2.75) is 18.9 Å². The molecule has 3 nitrogen and oxygen atoms in total. The SMILES string of the molecule is C1CO[C@@H](CN2CC3=C(CNC3)C2)C1. The summed E-state index contributed by atoms with van der Waals surface area (Å²) in [4.78, 5) is 2.54. The average molecular weight is 194 g/mol. The van der Waals surface area contributed by atoms with Gasteiger partial charge in [-0.25, -0.2) is 0 Å². The summed E-state index contributed by atoms with van der Waals surface area (Å²) in [5.41, 5.74) is 3.28. The summed E-state index contributed by atoms with van der Waals surface area (Å²) in [5, 5.41) is 3.41. The highest BCUT2D eigenvalue weighted by molar-refractivity contribution is 5.29. The van der Waals surface area contributed by atoms with E-state index in [1.165, 1.54) is 25.9 Å². The van der Waals surface area contributed by atoms with Crippen LogP contribution in [-0.4, -0.2) is 50.3 Å². The van der Waals surface area contributed by atoms with Gasteiger partial charge < -0.3 is 10.1 Å². The molecule has 0 amide bonds. The number of rotatable bonds is 2. The Hall–Kier alpha value is -0.380. The van der Waals surface area contributed by atoms with Gasteiger partial charge in [0.25, 0.3) is 0 Å². The van der Waals surface area contributed by atoms with Crippen molar-refractivity contribution < 1.29 is 4.74 Å². The van der Waals surface area contributed by atoms with E-state index in [2.05, 4.69) is 10.2 Å². The lowest BCUT2D eigenvalue weighted by Gasteiger charge is -2.21. The molecule has 0 spiro atoms. The molecule has 0 aliphatic carbocycles. The van der Waals surface area contributed by atoms with Crippen molar-refractivity contribution in [2.24, 2.45) is 0 Å². The first-order valence-electron chi connectivity index (χ1n) is 5.66. The van der Waals surface area contributed by atoms with Crippen molar-refractivity contribution >= 4 is 0 Å². The highest BCUT2D eigenvalue weighted by atomic mass is 16.5. The van der Waals surface area contributed by atoms with Gasteiger partial charge in [0.15, 0.2) is 0 Å². The second kappa shape index (κ2) is 3.65. The van der Waals surface area contributed by atoms with Gasteiger partial charge in [-0.3, -0.25) is 4.90 Å². The van der Waals surface area contributed by atoms with Gasteiger partial charge in [-0.15, -0.1) is 0 Å². The van der Waals surface area contributed by atoms with E-state index < -0.39 is 0 Å². The fraction of sp³-hybridized carbons (Fsp3) is 0.818. The molecule has 14 heavy (non-hydrogen) atoms. The number of hydrogen-bond acceptors (Lipinski definition) is 3. The summed E-state index contributed by atoms with van der Waals surface area (Å²) >= 11 is 0. The summed E-state index contributed by atoms with van der Waals surface area (Å²) in [7, 11) is 0. The topological polar surface area (TPSA) is 24.5 Å². The van der Waals surface area contributed by atoms with Crippen LogP contribution < -0.4 is 5.32 Å². The van der Waals surface area contributed by atoms with E-state index >= 15 is 0 Å². The normalized spacial score (nSPS) is 33.0. The van der Waals surface area contributed by atoms with E-state index in [4.69, 9.17) is 4.74 Å². The van der Waals surface area contributed by atoms with Gasteiger partial charge in [-0.1, -0.05) is 0 Å². The first kappa shape index (κ1) is 8.89. The van der Waals surface area contributed by atoms with Crippen LogP contribution in [0.3, 0.4) is 0 Å². The van der Waals surface area contributed by atoms with Crippen molar-refractivity contribution in [1.29, 1.82) is 0 Å². The molecule has 3 heterocycles. The van der Waals surface area contributed by atoms with Crippen LogP contribution in [0.1, 0.15) is 12.8 Å². The van der Waals surface area contributed by atoms with Crippen LogP contribution in [0.2, 0.25) is 0 Å². The van der Waals surface area contributed by atoms with E-state index in [1.807, 2.05) is 0 Å². The average Bonchev–Trinajstić information content (AvgIpc) is 2.78. The lowest BCUT2D eigenvalue weighted by Crippen LogP contribution is -2.33. The minimum Gasteiger partial charge on any atom is -0.377 e. The first-order valence-corrected chi connectivity index (χ1v) is 5.66. The van der Waals surface area contributed by atoms with Gasteiger partial charge in [0.2, 0.25) is 0 Å². The summed E-state index contributed by atoms with van der Waals surface area (Å²) in [5.74, 6) is 0. The quantitative estimate of drug-likeness (QED) is 0.643. The molecule has 1 atom stereocenters. The predicted octanol–water partition coefficient (Wildman–Crippen LogP) is 0.381. The van der Waals surface area contributed by atoms with Crippen molar-refractivity contribution in [3.63, 3.8) is 0 Å². The third-order valence-electron chi connectivity index (χ3n) is 3.49. The zero-order valence-electron chi connectivity index (χ0n) is 8.59. The monoisotopic (exact) mass is 194 g/mol. The standard InChI is InChI=1S/C11H18N2O/c1-2-11(14-3-1)8-13-6-9-4-12-5-10(9)7-13/h11-12H,1-8H2/t11-/m1/s1. The maximum absolute atomic E-state index is 5.66. The van der Waals surface area contributed by atoms with Gasteiger partial charge in [0.1, 0.15) is 0 Å². The smallest absolute Gasteiger partial charge is 0.0703 e. The molecule has 0 aromatic rings. The van der Waals surface area contributed by atoms with E-state index in [0.717, 1.165) is 26.2 Å². The highest BCUT2D eigenvalue weighted by Crippen LogP contribution is 2.22. The fourth-order valence-electron chi connectivity index (χ4n) is 2.75. The van der Waals surface area contributed by atoms with Crippen molar-refractivity contribution in [3.8, 4) is 0 Å². The minimum absolute atomic E-state index is 0.517. The Morgan fingerprint density at radius 2 is 2.07 bits per heavy atom. The molecule has 0 unspecified atom stereocenters. The largest absolute Gasteiger partial charge is 0.377 e. The van der Waals surface area contributed by atoms with E-state index in [1.54, 1.807) is 11.1 Å². The number of nitrogens with zero attached hydrogens (tertiary/aromatic N) is 1. The van der Waals surface area contributed by atoms with Gasteiger partial charge >= 0.3 is 0 Å². The van der Waals surface area contributed by atoms with Crippen LogP contribution in [0.25, 0.3) is 0 Å². The molecule has 3 rings (SSSR count). The molecular formula is C11H18N2O. The molecule has 0 aromatic carbocycles. The van der Waals surface area contributed by atoms with Gasteiger partial charge in [-0.05, 0) is 24.0 Å². The Kier molecular flexibility index (Phi) is 2.32. The predicted molar refractivity (Wildman–Crippen MR) is 55.3 cm³/mol. The van der Waals surface area contributed by atoms with Gasteiger partial charge in [0.05, 0.1) is 6.10 Å². The fourth-order valence-corrected chi connectivity index (χ4v) is 2.75. The Balaban J connectivity index is 1.52. The van der Waals surface area contributed by atoms with Crippen LogP contribution in [0.15, 0.2) is 11.1 Å². The van der Waals surface area contributed by atoms with Crippen LogP contribution >= 0.6 is 0 Å². The third kappa shape index (κ3) is 1.60.